The van der Waals surface area contributed by atoms with E-state index in [1.165, 1.54) is 13.0 Å². The van der Waals surface area contributed by atoms with E-state index in [9.17, 15) is 4.79 Å². The van der Waals surface area contributed by atoms with E-state index in [0.717, 1.165) is 6.42 Å². The van der Waals surface area contributed by atoms with Crippen LogP contribution in [0.15, 0.2) is 10.8 Å². The quantitative estimate of drug-likeness (QED) is 0.334. The van der Waals surface area contributed by atoms with E-state index in [-0.39, 0.29) is 10.8 Å². The number of rotatable bonds is 6. The zero-order valence-electron chi connectivity index (χ0n) is 8.84. The summed E-state index contributed by atoms with van der Waals surface area (Å²) in [5, 5.41) is 8.58. The molecule has 14 heavy (non-hydrogen) atoms. The van der Waals surface area contributed by atoms with Crippen LogP contribution in [0.4, 0.5) is 0 Å². The smallest absolute Gasteiger partial charge is 0.336 e. The molecule has 0 atom stereocenters. The van der Waals surface area contributed by atoms with Gasteiger partial charge in [-0.1, -0.05) is 19.1 Å². The summed E-state index contributed by atoms with van der Waals surface area (Å²) in [4.78, 5) is 10.5. The fourth-order valence-corrected chi connectivity index (χ4v) is 1.99. The van der Waals surface area contributed by atoms with Crippen molar-refractivity contribution in [3.05, 3.63) is 10.8 Å². The van der Waals surface area contributed by atoms with Crippen LogP contribution >= 0.6 is 11.6 Å². The molecular weight excluding hydrogens is 220 g/mol. The molecule has 0 spiro atoms. The van der Waals surface area contributed by atoms with E-state index >= 15 is 0 Å². The van der Waals surface area contributed by atoms with Gasteiger partial charge in [0.05, 0.1) is 12.2 Å². The zero-order valence-corrected chi connectivity index (χ0v) is 10.8. The molecule has 5 heteroatoms. The molecule has 0 saturated carbocycles. The lowest BCUT2D eigenvalue weighted by Gasteiger charge is -2.06. The first-order chi connectivity index (χ1) is 6.45. The second-order valence-electron chi connectivity index (χ2n) is 3.59. The summed E-state index contributed by atoms with van der Waals surface area (Å²) < 4.78 is 5.10. The lowest BCUT2D eigenvalue weighted by molar-refractivity contribution is -0.132. The van der Waals surface area contributed by atoms with Crippen LogP contribution in [0, 0.1) is 0 Å². The van der Waals surface area contributed by atoms with E-state index in [4.69, 9.17) is 21.4 Å². The third-order valence-corrected chi connectivity index (χ3v) is 3.73. The van der Waals surface area contributed by atoms with Crippen molar-refractivity contribution in [2.45, 2.75) is 32.5 Å². The first-order valence-electron chi connectivity index (χ1n) is 4.67. The van der Waals surface area contributed by atoms with Gasteiger partial charge in [-0.05, 0) is 24.9 Å². The Bertz CT molecular complexity index is 226. The highest BCUT2D eigenvalue weighted by Crippen LogP contribution is 2.12. The van der Waals surface area contributed by atoms with Gasteiger partial charge in [-0.25, -0.2) is 4.79 Å². The second-order valence-corrected chi connectivity index (χ2v) is 7.30. The Morgan fingerprint density at radius 3 is 2.50 bits per heavy atom. The molecule has 0 aliphatic heterocycles. The van der Waals surface area contributed by atoms with Crippen molar-refractivity contribution in [2.75, 3.05) is 6.61 Å². The third kappa shape index (κ3) is 6.04. The third-order valence-electron chi connectivity index (χ3n) is 1.77. The predicted molar refractivity (Wildman–Crippen MR) is 60.4 cm³/mol. The second kappa shape index (κ2) is 6.90. The van der Waals surface area contributed by atoms with Gasteiger partial charge in [0.25, 0.3) is 0 Å². The number of carbonyl (C=O) groups is 1. The Balaban J connectivity index is 3.79. The maximum atomic E-state index is 10.5. The molecule has 3 nitrogen and oxygen atoms in total. The number of carboxylic acids is 1. The fraction of sp³-hybridized carbons (Fsp3) is 0.667. The van der Waals surface area contributed by atoms with Gasteiger partial charge in [-0.2, -0.15) is 0 Å². The molecule has 0 radical (unpaired) electrons. The van der Waals surface area contributed by atoms with E-state index in [1.54, 1.807) is 0 Å². The topological polar surface area (TPSA) is 46.5 Å². The highest BCUT2D eigenvalue weighted by Gasteiger charge is 2.08. The van der Waals surface area contributed by atoms with Crippen LogP contribution in [-0.4, -0.2) is 26.5 Å². The maximum absolute atomic E-state index is 10.5. The Kier molecular flexibility index (Phi) is 6.66. The van der Waals surface area contributed by atoms with Gasteiger partial charge in [-0.15, -0.1) is 0 Å². The van der Waals surface area contributed by atoms with Gasteiger partial charge in [0.1, 0.15) is 0 Å². The van der Waals surface area contributed by atoms with E-state index < -0.39 is 14.8 Å². The molecule has 0 aromatic heterocycles. The number of hydrogen-bond acceptors (Lipinski definition) is 2. The molecule has 0 fully saturated rings. The van der Waals surface area contributed by atoms with Crippen LogP contribution in [0.1, 0.15) is 13.3 Å². The standard InChI is InChI=1S/C9H17ClO3Si/c1-7(9(11)12)8(10)13-5-4-6-14(2)3/h14H,4-6H2,1-3H3,(H,11,12). The van der Waals surface area contributed by atoms with Gasteiger partial charge in [0.15, 0.2) is 5.22 Å². The Morgan fingerprint density at radius 1 is 1.50 bits per heavy atom. The first kappa shape index (κ1) is 13.5. The SMILES string of the molecule is CC(C(=O)O)=C(Cl)OCCC[SiH](C)C. The highest BCUT2D eigenvalue weighted by molar-refractivity contribution is 6.55. The van der Waals surface area contributed by atoms with E-state index in [1.807, 2.05) is 0 Å². The number of carboxylic acid groups (broad SMARTS) is 1. The zero-order chi connectivity index (χ0) is 11.1. The average Bonchev–Trinajstić information content (AvgIpc) is 2.10. The van der Waals surface area contributed by atoms with Crippen molar-refractivity contribution in [2.24, 2.45) is 0 Å². The minimum Gasteiger partial charge on any atom is -0.483 e. The Morgan fingerprint density at radius 2 is 2.07 bits per heavy atom. The molecule has 0 saturated heterocycles. The number of hydrogen-bond donors (Lipinski definition) is 1. The van der Waals surface area contributed by atoms with Crippen molar-refractivity contribution in [3.8, 4) is 0 Å². The van der Waals surface area contributed by atoms with Crippen LogP contribution in [-0.2, 0) is 9.53 Å². The van der Waals surface area contributed by atoms with Crippen LogP contribution in [0.3, 0.4) is 0 Å². The maximum Gasteiger partial charge on any atom is 0.336 e. The van der Waals surface area contributed by atoms with Gasteiger partial charge in [0.2, 0.25) is 0 Å². The van der Waals surface area contributed by atoms with Gasteiger partial charge < -0.3 is 9.84 Å². The summed E-state index contributed by atoms with van der Waals surface area (Å²) in [6, 6.07) is 1.19. The lowest BCUT2D eigenvalue weighted by atomic mass is 10.3. The monoisotopic (exact) mass is 236 g/mol. The van der Waals surface area contributed by atoms with Crippen LogP contribution in [0.2, 0.25) is 19.1 Å². The normalized spacial score (nSPS) is 12.6. The Hall–Kier alpha value is -0.483. The summed E-state index contributed by atoms with van der Waals surface area (Å²) in [7, 11) is -0.533. The van der Waals surface area contributed by atoms with Crippen LogP contribution < -0.4 is 0 Å². The van der Waals surface area contributed by atoms with Gasteiger partial charge in [0, 0.05) is 8.80 Å². The number of halogens is 1. The van der Waals surface area contributed by atoms with Crippen molar-refractivity contribution < 1.29 is 14.6 Å². The van der Waals surface area contributed by atoms with Crippen LogP contribution in [0.5, 0.6) is 0 Å². The molecule has 82 valence electrons. The molecule has 0 aliphatic carbocycles. The Labute approximate surface area is 91.3 Å². The van der Waals surface area contributed by atoms with Crippen molar-refractivity contribution >= 4 is 26.4 Å². The van der Waals surface area contributed by atoms with Crippen molar-refractivity contribution in [3.63, 3.8) is 0 Å². The molecule has 0 aromatic rings. The van der Waals surface area contributed by atoms with Crippen molar-refractivity contribution in [1.82, 2.24) is 0 Å². The molecule has 0 aromatic carbocycles. The predicted octanol–water partition coefficient (Wildman–Crippen LogP) is 2.43. The minimum absolute atomic E-state index is 0.00271. The molecule has 0 unspecified atom stereocenters. The lowest BCUT2D eigenvalue weighted by Crippen LogP contribution is -2.04. The molecule has 0 bridgehead atoms. The first-order valence-corrected chi connectivity index (χ1v) is 8.18. The molecule has 0 amide bonds. The highest BCUT2D eigenvalue weighted by atomic mass is 35.5. The molecule has 0 heterocycles. The fourth-order valence-electron chi connectivity index (χ4n) is 0.846. The van der Waals surface area contributed by atoms with E-state index in [0.29, 0.717) is 6.61 Å². The summed E-state index contributed by atoms with van der Waals surface area (Å²) >= 11 is 5.63. The molecule has 1 N–H and O–H groups in total. The summed E-state index contributed by atoms with van der Waals surface area (Å²) in [5.74, 6) is -1.03. The summed E-state index contributed by atoms with van der Waals surface area (Å²) in [5.41, 5.74) is 0.0634. The van der Waals surface area contributed by atoms with E-state index in [2.05, 4.69) is 13.1 Å². The number of aliphatic carboxylic acids is 1. The van der Waals surface area contributed by atoms with Crippen molar-refractivity contribution in [1.29, 1.82) is 0 Å². The number of ether oxygens (including phenoxy) is 1. The van der Waals surface area contributed by atoms with Crippen LogP contribution in [0.25, 0.3) is 0 Å². The summed E-state index contributed by atoms with van der Waals surface area (Å²) in [6.07, 6.45) is 0.951. The largest absolute Gasteiger partial charge is 0.483 e. The van der Waals surface area contributed by atoms with Gasteiger partial charge in [-0.3, -0.25) is 0 Å². The van der Waals surface area contributed by atoms with Gasteiger partial charge >= 0.3 is 5.97 Å². The molecule has 0 rings (SSSR count). The molecule has 0 aliphatic rings. The average molecular weight is 237 g/mol. The minimum atomic E-state index is -1.03. The molecular formula is C9H17ClO3Si. The summed E-state index contributed by atoms with van der Waals surface area (Å²) in [6.45, 7) is 6.47.